The second-order valence-electron chi connectivity index (χ2n) is 6.55. The fraction of sp³-hybridized carbons (Fsp3) is 0.273. The monoisotopic (exact) mass is 364 g/mol. The number of piperidine rings is 1. The first kappa shape index (κ1) is 18.7. The number of nitrogens with zero attached hydrogens (tertiary/aromatic N) is 1. The molecule has 5 heteroatoms. The molecule has 0 atom stereocenters. The molecule has 1 N–H and O–H groups in total. The zero-order valence-electron chi connectivity index (χ0n) is 15.4. The lowest BCUT2D eigenvalue weighted by Crippen LogP contribution is -2.46. The number of hydrogen-bond acceptors (Lipinski definition) is 3. The van der Waals surface area contributed by atoms with Gasteiger partial charge < -0.3 is 15.0 Å². The summed E-state index contributed by atoms with van der Waals surface area (Å²) in [7, 11) is 1.60. The molecule has 0 saturated carbocycles. The van der Waals surface area contributed by atoms with Gasteiger partial charge in [-0.1, -0.05) is 30.3 Å². The largest absolute Gasteiger partial charge is 0.497 e. The van der Waals surface area contributed by atoms with Crippen molar-refractivity contribution in [2.45, 2.75) is 18.9 Å². The molecule has 5 nitrogen and oxygen atoms in total. The van der Waals surface area contributed by atoms with Crippen molar-refractivity contribution in [1.82, 2.24) is 10.2 Å². The van der Waals surface area contributed by atoms with E-state index in [1.807, 2.05) is 41.3 Å². The van der Waals surface area contributed by atoms with Crippen LogP contribution in [0.3, 0.4) is 0 Å². The lowest BCUT2D eigenvalue weighted by Gasteiger charge is -2.31. The average Bonchev–Trinajstić information content (AvgIpc) is 2.73. The molecular formula is C22H24N2O3. The highest BCUT2D eigenvalue weighted by molar-refractivity contribution is 5.94. The maximum atomic E-state index is 12.3. The molecule has 1 aliphatic heterocycles. The van der Waals surface area contributed by atoms with Crippen molar-refractivity contribution in [2.24, 2.45) is 0 Å². The Bertz CT molecular complexity index is 792. The highest BCUT2D eigenvalue weighted by Crippen LogP contribution is 2.14. The van der Waals surface area contributed by atoms with Crippen LogP contribution in [-0.2, 0) is 4.79 Å². The van der Waals surface area contributed by atoms with E-state index in [2.05, 4.69) is 5.32 Å². The van der Waals surface area contributed by atoms with E-state index < -0.39 is 0 Å². The SMILES string of the molecule is COc1ccc(C(=O)NC2CCN(C(=O)/C=C/c3ccccc3)CC2)cc1. The maximum Gasteiger partial charge on any atom is 0.251 e. The number of hydrogen-bond donors (Lipinski definition) is 1. The van der Waals surface area contributed by atoms with Gasteiger partial charge in [-0.3, -0.25) is 9.59 Å². The van der Waals surface area contributed by atoms with Gasteiger partial charge in [-0.2, -0.15) is 0 Å². The third-order valence-electron chi connectivity index (χ3n) is 4.71. The van der Waals surface area contributed by atoms with Crippen molar-refractivity contribution in [3.63, 3.8) is 0 Å². The Kier molecular flexibility index (Phi) is 6.26. The first-order valence-corrected chi connectivity index (χ1v) is 9.12. The van der Waals surface area contributed by atoms with Crippen LogP contribution in [0.25, 0.3) is 6.08 Å². The highest BCUT2D eigenvalue weighted by Gasteiger charge is 2.23. The van der Waals surface area contributed by atoms with E-state index in [1.165, 1.54) is 0 Å². The smallest absolute Gasteiger partial charge is 0.251 e. The van der Waals surface area contributed by atoms with Gasteiger partial charge in [0.25, 0.3) is 5.91 Å². The number of methoxy groups -OCH3 is 1. The summed E-state index contributed by atoms with van der Waals surface area (Å²) in [5, 5.41) is 3.05. The van der Waals surface area contributed by atoms with Gasteiger partial charge in [0.05, 0.1) is 7.11 Å². The van der Waals surface area contributed by atoms with Crippen LogP contribution in [0, 0.1) is 0 Å². The van der Waals surface area contributed by atoms with E-state index in [4.69, 9.17) is 4.74 Å². The van der Waals surface area contributed by atoms with Crippen molar-refractivity contribution in [1.29, 1.82) is 0 Å². The van der Waals surface area contributed by atoms with Crippen LogP contribution in [0.5, 0.6) is 5.75 Å². The molecule has 1 saturated heterocycles. The second-order valence-corrected chi connectivity index (χ2v) is 6.55. The number of ether oxygens (including phenoxy) is 1. The molecule has 0 aliphatic carbocycles. The summed E-state index contributed by atoms with van der Waals surface area (Å²) < 4.78 is 5.11. The molecule has 0 unspecified atom stereocenters. The van der Waals surface area contributed by atoms with Crippen LogP contribution < -0.4 is 10.1 Å². The summed E-state index contributed by atoms with van der Waals surface area (Å²) >= 11 is 0. The zero-order chi connectivity index (χ0) is 19.1. The summed E-state index contributed by atoms with van der Waals surface area (Å²) in [6.45, 7) is 1.29. The zero-order valence-corrected chi connectivity index (χ0v) is 15.4. The van der Waals surface area contributed by atoms with Crippen molar-refractivity contribution in [3.8, 4) is 5.75 Å². The Morgan fingerprint density at radius 3 is 2.33 bits per heavy atom. The van der Waals surface area contributed by atoms with Gasteiger partial charge in [0.15, 0.2) is 0 Å². The highest BCUT2D eigenvalue weighted by atomic mass is 16.5. The van der Waals surface area contributed by atoms with Gasteiger partial charge in [0.1, 0.15) is 5.75 Å². The molecule has 3 rings (SSSR count). The first-order chi connectivity index (χ1) is 13.2. The number of carbonyl (C=O) groups is 2. The fourth-order valence-electron chi connectivity index (χ4n) is 3.09. The van der Waals surface area contributed by atoms with Crippen molar-refractivity contribution >= 4 is 17.9 Å². The van der Waals surface area contributed by atoms with E-state index in [1.54, 1.807) is 37.5 Å². The van der Waals surface area contributed by atoms with Gasteiger partial charge in [-0.25, -0.2) is 0 Å². The van der Waals surface area contributed by atoms with Crippen molar-refractivity contribution in [3.05, 3.63) is 71.8 Å². The summed E-state index contributed by atoms with van der Waals surface area (Å²) in [6, 6.07) is 16.9. The molecule has 2 aromatic rings. The number of likely N-dealkylation sites (tertiary alicyclic amines) is 1. The first-order valence-electron chi connectivity index (χ1n) is 9.12. The maximum absolute atomic E-state index is 12.3. The van der Waals surface area contributed by atoms with E-state index in [9.17, 15) is 9.59 Å². The molecule has 0 radical (unpaired) electrons. The third kappa shape index (κ3) is 5.20. The number of carbonyl (C=O) groups excluding carboxylic acids is 2. The molecule has 1 aliphatic rings. The molecule has 0 bridgehead atoms. The molecule has 0 aromatic heterocycles. The van der Waals surface area contributed by atoms with Gasteiger partial charge in [-0.05, 0) is 48.7 Å². The van der Waals surface area contributed by atoms with E-state index in [0.717, 1.165) is 24.2 Å². The summed E-state index contributed by atoms with van der Waals surface area (Å²) in [4.78, 5) is 26.5. The average molecular weight is 364 g/mol. The lowest BCUT2D eigenvalue weighted by atomic mass is 10.0. The molecule has 1 fully saturated rings. The number of amides is 2. The number of nitrogens with one attached hydrogen (secondary N) is 1. The van der Waals surface area contributed by atoms with E-state index in [0.29, 0.717) is 18.7 Å². The number of rotatable bonds is 5. The Hall–Kier alpha value is -3.08. The molecule has 1 heterocycles. The Balaban J connectivity index is 1.47. The summed E-state index contributed by atoms with van der Waals surface area (Å²) in [6.07, 6.45) is 4.96. The van der Waals surface area contributed by atoms with Gasteiger partial charge in [0, 0.05) is 30.8 Å². The summed E-state index contributed by atoms with van der Waals surface area (Å²) in [5.74, 6) is 0.645. The summed E-state index contributed by atoms with van der Waals surface area (Å²) in [5.41, 5.74) is 1.62. The fourth-order valence-corrected chi connectivity index (χ4v) is 3.09. The lowest BCUT2D eigenvalue weighted by molar-refractivity contribution is -0.126. The molecule has 0 spiro atoms. The van der Waals surface area contributed by atoms with E-state index >= 15 is 0 Å². The molecule has 2 aromatic carbocycles. The van der Waals surface area contributed by atoms with Crippen LogP contribution in [0.15, 0.2) is 60.7 Å². The van der Waals surface area contributed by atoms with E-state index in [-0.39, 0.29) is 17.9 Å². The van der Waals surface area contributed by atoms with Crippen molar-refractivity contribution in [2.75, 3.05) is 20.2 Å². The molecular weight excluding hydrogens is 340 g/mol. The molecule has 140 valence electrons. The van der Waals surface area contributed by atoms with Crippen LogP contribution in [0.2, 0.25) is 0 Å². The quantitative estimate of drug-likeness (QED) is 0.830. The second kappa shape index (κ2) is 9.03. The van der Waals surface area contributed by atoms with Crippen LogP contribution in [0.4, 0.5) is 0 Å². The van der Waals surface area contributed by atoms with Crippen LogP contribution >= 0.6 is 0 Å². The molecule has 2 amide bonds. The number of benzene rings is 2. The molecule has 27 heavy (non-hydrogen) atoms. The Morgan fingerprint density at radius 1 is 1.04 bits per heavy atom. The minimum Gasteiger partial charge on any atom is -0.497 e. The minimum atomic E-state index is -0.0913. The Labute approximate surface area is 159 Å². The van der Waals surface area contributed by atoms with Crippen LogP contribution in [-0.4, -0.2) is 43.0 Å². The van der Waals surface area contributed by atoms with Gasteiger partial charge in [-0.15, -0.1) is 0 Å². The van der Waals surface area contributed by atoms with Crippen molar-refractivity contribution < 1.29 is 14.3 Å². The predicted molar refractivity (Wildman–Crippen MR) is 106 cm³/mol. The normalized spacial score (nSPS) is 14.9. The van der Waals surface area contributed by atoms with Crippen LogP contribution in [0.1, 0.15) is 28.8 Å². The third-order valence-corrected chi connectivity index (χ3v) is 4.71. The standard InChI is InChI=1S/C22H24N2O3/c1-27-20-10-8-18(9-11-20)22(26)23-19-13-15-24(16-14-19)21(25)12-7-17-5-3-2-4-6-17/h2-12,19H,13-16H2,1H3,(H,23,26)/b12-7+. The topological polar surface area (TPSA) is 58.6 Å². The predicted octanol–water partition coefficient (Wildman–Crippen LogP) is 3.13. The van der Waals surface area contributed by atoms with Gasteiger partial charge >= 0.3 is 0 Å². The Morgan fingerprint density at radius 2 is 1.70 bits per heavy atom. The minimum absolute atomic E-state index is 0.0128. The van der Waals surface area contributed by atoms with Gasteiger partial charge in [0.2, 0.25) is 5.91 Å².